The van der Waals surface area contributed by atoms with Crippen LogP contribution in [0.4, 0.5) is 23.7 Å². The van der Waals surface area contributed by atoms with Crippen LogP contribution < -0.4 is 5.32 Å². The second kappa shape index (κ2) is 4.27. The van der Waals surface area contributed by atoms with Crippen molar-refractivity contribution < 1.29 is 18.0 Å². The van der Waals surface area contributed by atoms with Crippen molar-refractivity contribution in [3.8, 4) is 0 Å². The minimum Gasteiger partial charge on any atom is -0.324 e. The van der Waals surface area contributed by atoms with Crippen LogP contribution >= 0.6 is 0 Å². The van der Waals surface area contributed by atoms with E-state index in [0.29, 0.717) is 13.1 Å². The summed E-state index contributed by atoms with van der Waals surface area (Å²) in [5.41, 5.74) is -1.02. The molecule has 2 rings (SSSR count). The summed E-state index contributed by atoms with van der Waals surface area (Å²) in [5.74, 6) is 0. The van der Waals surface area contributed by atoms with Gasteiger partial charge in [-0.1, -0.05) is 12.1 Å². The number of likely N-dealkylation sites (tertiary alicyclic amines) is 1. The third kappa shape index (κ3) is 2.51. The zero-order chi connectivity index (χ0) is 12.5. The molecule has 0 radical (unpaired) electrons. The van der Waals surface area contributed by atoms with Crippen molar-refractivity contribution in [2.45, 2.75) is 12.6 Å². The Hall–Kier alpha value is -1.72. The van der Waals surface area contributed by atoms with Gasteiger partial charge in [0.25, 0.3) is 0 Å². The second-order valence-electron chi connectivity index (χ2n) is 3.81. The lowest BCUT2D eigenvalue weighted by molar-refractivity contribution is -0.136. The van der Waals surface area contributed by atoms with Crippen LogP contribution in [-0.4, -0.2) is 24.0 Å². The predicted molar refractivity (Wildman–Crippen MR) is 56.7 cm³/mol. The first-order chi connectivity index (χ1) is 7.98. The molecule has 6 heteroatoms. The van der Waals surface area contributed by atoms with E-state index in [-0.39, 0.29) is 5.69 Å². The van der Waals surface area contributed by atoms with Gasteiger partial charge < -0.3 is 10.2 Å². The first-order valence-electron chi connectivity index (χ1n) is 5.20. The molecule has 1 aliphatic heterocycles. The topological polar surface area (TPSA) is 32.3 Å². The van der Waals surface area contributed by atoms with Gasteiger partial charge in [0.05, 0.1) is 11.3 Å². The van der Waals surface area contributed by atoms with E-state index in [1.165, 1.54) is 23.1 Å². The summed E-state index contributed by atoms with van der Waals surface area (Å²) < 4.78 is 37.9. The van der Waals surface area contributed by atoms with E-state index in [2.05, 4.69) is 5.32 Å². The zero-order valence-corrected chi connectivity index (χ0v) is 8.92. The highest BCUT2D eigenvalue weighted by Crippen LogP contribution is 2.34. The number of nitrogens with one attached hydrogen (secondary N) is 1. The molecule has 3 nitrogen and oxygen atoms in total. The molecule has 0 aromatic heterocycles. The van der Waals surface area contributed by atoms with Crippen LogP contribution in [-0.2, 0) is 6.18 Å². The number of alkyl halides is 3. The first kappa shape index (κ1) is 11.8. The molecule has 1 aliphatic rings. The predicted octanol–water partition coefficient (Wildman–Crippen LogP) is 2.94. The van der Waals surface area contributed by atoms with E-state index in [4.69, 9.17) is 0 Å². The smallest absolute Gasteiger partial charge is 0.324 e. The summed E-state index contributed by atoms with van der Waals surface area (Å²) in [6.45, 7) is 1.19. The van der Waals surface area contributed by atoms with Crippen LogP contribution in [0.1, 0.15) is 12.0 Å². The minimum absolute atomic E-state index is 0.197. The van der Waals surface area contributed by atoms with E-state index in [0.717, 1.165) is 12.5 Å². The highest BCUT2D eigenvalue weighted by molar-refractivity contribution is 5.90. The molecule has 2 amide bonds. The van der Waals surface area contributed by atoms with Gasteiger partial charge in [-0.2, -0.15) is 13.2 Å². The summed E-state index contributed by atoms with van der Waals surface area (Å²) in [4.78, 5) is 13.0. The van der Waals surface area contributed by atoms with Crippen molar-refractivity contribution in [2.75, 3.05) is 18.4 Å². The molecule has 0 spiro atoms. The van der Waals surface area contributed by atoms with Crippen molar-refractivity contribution in [1.82, 2.24) is 4.90 Å². The standard InChI is InChI=1S/C11H11F3N2O/c12-11(13,14)8-4-1-2-5-9(8)15-10(17)16-6-3-7-16/h1-2,4-5H,3,6-7H2,(H,15,17). The fraction of sp³-hybridized carbons (Fsp3) is 0.364. The minimum atomic E-state index is -4.46. The Morgan fingerprint density at radius 1 is 1.24 bits per heavy atom. The third-order valence-electron chi connectivity index (χ3n) is 2.62. The van der Waals surface area contributed by atoms with E-state index in [9.17, 15) is 18.0 Å². The number of anilines is 1. The Balaban J connectivity index is 2.17. The maximum absolute atomic E-state index is 12.6. The van der Waals surface area contributed by atoms with Crippen LogP contribution in [0.2, 0.25) is 0 Å². The fourth-order valence-electron chi connectivity index (χ4n) is 1.55. The van der Waals surface area contributed by atoms with Gasteiger partial charge in [0, 0.05) is 13.1 Å². The molecule has 1 saturated heterocycles. The SMILES string of the molecule is O=C(Nc1ccccc1C(F)(F)F)N1CCC1. The summed E-state index contributed by atoms with van der Waals surface area (Å²) in [6, 6.07) is 4.47. The Labute approximate surface area is 96.2 Å². The number of halogens is 3. The molecular formula is C11H11F3N2O. The van der Waals surface area contributed by atoms with Crippen molar-refractivity contribution in [3.05, 3.63) is 29.8 Å². The second-order valence-corrected chi connectivity index (χ2v) is 3.81. The van der Waals surface area contributed by atoms with E-state index < -0.39 is 17.8 Å². The number of hydrogen-bond donors (Lipinski definition) is 1. The lowest BCUT2D eigenvalue weighted by Crippen LogP contribution is -2.44. The normalized spacial score (nSPS) is 15.4. The van der Waals surface area contributed by atoms with Gasteiger partial charge in [-0.15, -0.1) is 0 Å². The summed E-state index contributed by atoms with van der Waals surface area (Å²) in [5, 5.41) is 2.29. The fourth-order valence-corrected chi connectivity index (χ4v) is 1.55. The lowest BCUT2D eigenvalue weighted by Gasteiger charge is -2.31. The van der Waals surface area contributed by atoms with Crippen molar-refractivity contribution in [2.24, 2.45) is 0 Å². The van der Waals surface area contributed by atoms with Gasteiger partial charge in [0.1, 0.15) is 0 Å². The molecular weight excluding hydrogens is 233 g/mol. The molecule has 1 aromatic carbocycles. The van der Waals surface area contributed by atoms with Gasteiger partial charge >= 0.3 is 12.2 Å². The number of urea groups is 1. The molecule has 0 atom stereocenters. The van der Waals surface area contributed by atoms with Crippen LogP contribution in [0.3, 0.4) is 0 Å². The van der Waals surface area contributed by atoms with Gasteiger partial charge in [-0.05, 0) is 18.6 Å². The van der Waals surface area contributed by atoms with E-state index in [1.807, 2.05) is 0 Å². The summed E-state index contributed by atoms with van der Waals surface area (Å²) in [7, 11) is 0. The maximum atomic E-state index is 12.6. The largest absolute Gasteiger partial charge is 0.418 e. The maximum Gasteiger partial charge on any atom is 0.418 e. The average Bonchev–Trinajstić information content (AvgIpc) is 2.13. The van der Waals surface area contributed by atoms with Gasteiger partial charge in [0.15, 0.2) is 0 Å². The van der Waals surface area contributed by atoms with E-state index >= 15 is 0 Å². The number of carbonyl (C=O) groups excluding carboxylic acids is 1. The Bertz CT molecular complexity index is 427. The van der Waals surface area contributed by atoms with Crippen LogP contribution in [0.15, 0.2) is 24.3 Å². The number of rotatable bonds is 1. The lowest BCUT2D eigenvalue weighted by atomic mass is 10.1. The van der Waals surface area contributed by atoms with Crippen LogP contribution in [0, 0.1) is 0 Å². The quantitative estimate of drug-likeness (QED) is 0.809. The summed E-state index contributed by atoms with van der Waals surface area (Å²) in [6.07, 6.45) is -3.56. The van der Waals surface area contributed by atoms with Crippen molar-refractivity contribution in [3.63, 3.8) is 0 Å². The molecule has 0 bridgehead atoms. The van der Waals surface area contributed by atoms with Crippen molar-refractivity contribution >= 4 is 11.7 Å². The monoisotopic (exact) mass is 244 g/mol. The molecule has 0 unspecified atom stereocenters. The molecule has 1 fully saturated rings. The number of amides is 2. The van der Waals surface area contributed by atoms with Gasteiger partial charge in [-0.3, -0.25) is 0 Å². The highest BCUT2D eigenvalue weighted by Gasteiger charge is 2.34. The molecule has 0 saturated carbocycles. The molecule has 1 aromatic rings. The zero-order valence-electron chi connectivity index (χ0n) is 8.92. The third-order valence-corrected chi connectivity index (χ3v) is 2.62. The molecule has 92 valence electrons. The molecule has 1 heterocycles. The van der Waals surface area contributed by atoms with Crippen molar-refractivity contribution in [1.29, 1.82) is 0 Å². The number of para-hydroxylation sites is 1. The average molecular weight is 244 g/mol. The Morgan fingerprint density at radius 3 is 2.41 bits per heavy atom. The Morgan fingerprint density at radius 2 is 1.88 bits per heavy atom. The number of benzene rings is 1. The number of carbonyl (C=O) groups is 1. The van der Waals surface area contributed by atoms with Crippen LogP contribution in [0.25, 0.3) is 0 Å². The molecule has 1 N–H and O–H groups in total. The van der Waals surface area contributed by atoms with Gasteiger partial charge in [0.2, 0.25) is 0 Å². The summed E-state index contributed by atoms with van der Waals surface area (Å²) >= 11 is 0. The van der Waals surface area contributed by atoms with Crippen LogP contribution in [0.5, 0.6) is 0 Å². The number of nitrogens with zero attached hydrogens (tertiary/aromatic N) is 1. The number of hydrogen-bond acceptors (Lipinski definition) is 1. The molecule has 17 heavy (non-hydrogen) atoms. The molecule has 0 aliphatic carbocycles. The van der Waals surface area contributed by atoms with Gasteiger partial charge in [-0.25, -0.2) is 4.79 Å². The first-order valence-corrected chi connectivity index (χ1v) is 5.20. The Kier molecular flexibility index (Phi) is 2.95. The highest BCUT2D eigenvalue weighted by atomic mass is 19.4. The van der Waals surface area contributed by atoms with E-state index in [1.54, 1.807) is 0 Å².